The van der Waals surface area contributed by atoms with Gasteiger partial charge in [-0.05, 0) is 78.2 Å². The Balaban J connectivity index is 0.000000387. The van der Waals surface area contributed by atoms with E-state index >= 15 is 0 Å². The van der Waals surface area contributed by atoms with Gasteiger partial charge in [-0.25, -0.2) is 4.98 Å². The van der Waals surface area contributed by atoms with Gasteiger partial charge >= 0.3 is 6.18 Å². The van der Waals surface area contributed by atoms with E-state index in [4.69, 9.17) is 13.7 Å². The smallest absolute Gasteiger partial charge is 0.416 e. The van der Waals surface area contributed by atoms with Crippen molar-refractivity contribution in [2.75, 3.05) is 0 Å². The molecule has 0 amide bonds. The zero-order valence-corrected chi connectivity index (χ0v) is 27.0. The highest BCUT2D eigenvalue weighted by molar-refractivity contribution is 7.85. The maximum atomic E-state index is 13.0. The third-order valence-electron chi connectivity index (χ3n) is 7.14. The van der Waals surface area contributed by atoms with Crippen LogP contribution in [0.15, 0.2) is 124 Å². The average Bonchev–Trinajstić information content (AvgIpc) is 3.88. The maximum Gasteiger partial charge on any atom is 0.416 e. The van der Waals surface area contributed by atoms with Crippen LogP contribution in [-0.4, -0.2) is 32.9 Å². The number of aryl methyl sites for hydroxylation is 2. The van der Waals surface area contributed by atoms with Crippen LogP contribution in [-0.2, 0) is 35.9 Å². The molecule has 1 N–H and O–H groups in total. The molecule has 0 aliphatic carbocycles. The Kier molecular flexibility index (Phi) is 11.4. The summed E-state index contributed by atoms with van der Waals surface area (Å²) in [5, 5.41) is 9.69. The predicted molar refractivity (Wildman–Crippen MR) is 173 cm³/mol. The molecule has 0 radical (unpaired) electrons. The fourth-order valence-corrected chi connectivity index (χ4v) is 6.07. The zero-order chi connectivity index (χ0) is 34.0. The lowest BCUT2D eigenvalue weighted by atomic mass is 9.96. The quantitative estimate of drug-likeness (QED) is 0.101. The lowest BCUT2D eigenvalue weighted by molar-refractivity contribution is -0.137. The summed E-state index contributed by atoms with van der Waals surface area (Å²) in [4.78, 5) is 5.45. The first-order valence-electron chi connectivity index (χ1n) is 14.8. The molecule has 0 aliphatic heterocycles. The minimum atomic E-state index is -4.39. The molecule has 3 aromatic carbocycles. The molecule has 0 aliphatic rings. The van der Waals surface area contributed by atoms with E-state index in [-0.39, 0.29) is 11.5 Å². The first kappa shape index (κ1) is 34.5. The van der Waals surface area contributed by atoms with Gasteiger partial charge in [0.25, 0.3) is 10.1 Å². The number of nitrogens with zero attached hydrogens (tertiary/aromatic N) is 4. The molecule has 0 saturated heterocycles. The monoisotopic (exact) mass is 696 g/mol. The third-order valence-corrected chi connectivity index (χ3v) is 8.95. The van der Waals surface area contributed by atoms with Crippen molar-refractivity contribution in [3.05, 3.63) is 148 Å². The molecular formula is C34H31F3N4O5S2. The summed E-state index contributed by atoms with van der Waals surface area (Å²) in [6.45, 7) is 1.07. The molecule has 0 spiro atoms. The van der Waals surface area contributed by atoms with Gasteiger partial charge in [0.05, 0.1) is 22.6 Å². The van der Waals surface area contributed by atoms with Crippen molar-refractivity contribution in [3.63, 3.8) is 0 Å². The summed E-state index contributed by atoms with van der Waals surface area (Å²) in [6, 6.07) is 24.3. The zero-order valence-electron chi connectivity index (χ0n) is 25.4. The van der Waals surface area contributed by atoms with Crippen LogP contribution >= 0.6 is 11.3 Å². The normalized spacial score (nSPS) is 12.2. The summed E-state index contributed by atoms with van der Waals surface area (Å²) in [5.74, 6) is 0.723. The van der Waals surface area contributed by atoms with Crippen LogP contribution in [0, 0.1) is 0 Å². The molecule has 14 heteroatoms. The summed E-state index contributed by atoms with van der Waals surface area (Å²) in [5.41, 5.74) is 1.82. The molecule has 6 rings (SSSR count). The molecule has 6 aromatic rings. The molecule has 0 saturated carbocycles. The lowest BCUT2D eigenvalue weighted by Crippen LogP contribution is -2.07. The highest BCUT2D eigenvalue weighted by Crippen LogP contribution is 2.36. The molecule has 3 heterocycles. The van der Waals surface area contributed by atoms with Crippen molar-refractivity contribution < 1.29 is 35.3 Å². The maximum absolute atomic E-state index is 13.0. The van der Waals surface area contributed by atoms with E-state index in [1.807, 2.05) is 40.5 Å². The Hall–Kier alpha value is -4.79. The van der Waals surface area contributed by atoms with Crippen LogP contribution in [0.25, 0.3) is 0 Å². The first-order valence-corrected chi connectivity index (χ1v) is 17.1. The summed E-state index contributed by atoms with van der Waals surface area (Å²) in [6.07, 6.45) is 3.72. The second kappa shape index (κ2) is 15.9. The molecule has 3 aromatic heterocycles. The number of halogens is 3. The Morgan fingerprint density at radius 1 is 0.938 bits per heavy atom. The van der Waals surface area contributed by atoms with Gasteiger partial charge in [0.1, 0.15) is 24.3 Å². The largest absolute Gasteiger partial charge is 0.487 e. The minimum absolute atomic E-state index is 0.0741. The molecular weight excluding hydrogens is 666 g/mol. The van der Waals surface area contributed by atoms with Gasteiger partial charge in [0, 0.05) is 17.6 Å². The van der Waals surface area contributed by atoms with Crippen molar-refractivity contribution in [1.82, 2.24) is 20.0 Å². The van der Waals surface area contributed by atoms with Gasteiger partial charge < -0.3 is 9.15 Å². The first-order chi connectivity index (χ1) is 23.1. The van der Waals surface area contributed by atoms with Crippen LogP contribution in [0.1, 0.15) is 51.9 Å². The van der Waals surface area contributed by atoms with Crippen LogP contribution in [0.5, 0.6) is 5.75 Å². The van der Waals surface area contributed by atoms with E-state index in [2.05, 4.69) is 27.4 Å². The molecule has 0 bridgehead atoms. The number of rotatable bonds is 12. The van der Waals surface area contributed by atoms with Gasteiger partial charge in [-0.3, -0.25) is 9.23 Å². The van der Waals surface area contributed by atoms with Crippen LogP contribution in [0.3, 0.4) is 0 Å². The van der Waals surface area contributed by atoms with Gasteiger partial charge in [-0.2, -0.15) is 21.6 Å². The minimum Gasteiger partial charge on any atom is -0.487 e. The summed E-state index contributed by atoms with van der Waals surface area (Å²) >= 11 is 1.50. The number of hydrogen-bond donors (Lipinski definition) is 1. The van der Waals surface area contributed by atoms with Gasteiger partial charge in [-0.1, -0.05) is 53.7 Å². The molecule has 0 fully saturated rings. The van der Waals surface area contributed by atoms with E-state index in [0.29, 0.717) is 17.1 Å². The fourth-order valence-electron chi connectivity index (χ4n) is 4.73. The summed E-state index contributed by atoms with van der Waals surface area (Å²) in [7, 11) is -4.00. The van der Waals surface area contributed by atoms with Crippen LogP contribution in [0.2, 0.25) is 0 Å². The predicted octanol–water partition coefficient (Wildman–Crippen LogP) is 8.06. The number of oxazole rings is 1. The van der Waals surface area contributed by atoms with E-state index in [0.717, 1.165) is 48.6 Å². The van der Waals surface area contributed by atoms with Crippen molar-refractivity contribution in [1.29, 1.82) is 0 Å². The van der Waals surface area contributed by atoms with E-state index in [1.54, 1.807) is 24.4 Å². The topological polar surface area (TPSA) is 120 Å². The number of hydrogen-bond acceptors (Lipinski definition) is 8. The van der Waals surface area contributed by atoms with Crippen molar-refractivity contribution in [2.24, 2.45) is 0 Å². The number of unbranched alkanes of at least 4 members (excludes halogenated alkanes) is 1. The number of ether oxygens (including phenoxy) is 1. The molecule has 9 nitrogen and oxygen atoms in total. The lowest BCUT2D eigenvalue weighted by Gasteiger charge is -2.14. The SMILES string of the molecule is FC(F)(F)c1ccc(C(c2nc(COc3ccc(CCCCn4ccnn4)cc3)co2)c2cccs2)cc1.O=S(=O)(O)c1ccccc1. The number of benzene rings is 3. The number of thiophene rings is 1. The number of alkyl halides is 3. The van der Waals surface area contributed by atoms with Gasteiger partial charge in [-0.15, -0.1) is 16.4 Å². The Bertz CT molecular complexity index is 1930. The Morgan fingerprint density at radius 2 is 1.69 bits per heavy atom. The second-order valence-corrected chi connectivity index (χ2v) is 13.0. The van der Waals surface area contributed by atoms with E-state index in [1.165, 1.54) is 47.4 Å². The Labute approximate surface area is 279 Å². The highest BCUT2D eigenvalue weighted by Gasteiger charge is 2.31. The van der Waals surface area contributed by atoms with E-state index < -0.39 is 27.8 Å². The molecule has 48 heavy (non-hydrogen) atoms. The van der Waals surface area contributed by atoms with E-state index in [9.17, 15) is 21.6 Å². The average molecular weight is 697 g/mol. The van der Waals surface area contributed by atoms with Crippen molar-refractivity contribution >= 4 is 21.5 Å². The van der Waals surface area contributed by atoms with Crippen molar-refractivity contribution in [2.45, 2.75) is 49.4 Å². The van der Waals surface area contributed by atoms with Crippen LogP contribution in [0.4, 0.5) is 13.2 Å². The Morgan fingerprint density at radius 3 is 2.29 bits per heavy atom. The molecule has 1 atom stereocenters. The van der Waals surface area contributed by atoms with Crippen molar-refractivity contribution in [3.8, 4) is 5.75 Å². The molecule has 1 unspecified atom stereocenters. The fraction of sp³-hybridized carbons (Fsp3) is 0.206. The standard InChI is InChI=1S/C28H25F3N4O2S.C6H6O3S/c29-28(30,31)22-10-8-21(9-11-22)26(25-5-3-17-38-25)27-33-23(19-37-27)18-36-24-12-6-20(7-13-24)4-1-2-15-35-16-14-32-34-35;7-10(8,9)6-4-2-1-3-5-6/h3,5-14,16-17,19,26H,1-2,4,15,18H2;1-5H,(H,7,8,9). The number of aromatic nitrogens is 4. The third kappa shape index (κ3) is 9.86. The van der Waals surface area contributed by atoms with Crippen LogP contribution < -0.4 is 4.74 Å². The molecule has 250 valence electrons. The second-order valence-electron chi connectivity index (χ2n) is 10.6. The summed E-state index contributed by atoms with van der Waals surface area (Å²) < 4.78 is 81.9. The van der Waals surface area contributed by atoms with Gasteiger partial charge in [0.2, 0.25) is 5.89 Å². The highest BCUT2D eigenvalue weighted by atomic mass is 32.2. The van der Waals surface area contributed by atoms with Gasteiger partial charge in [0.15, 0.2) is 0 Å².